The molecule has 5 heteroatoms. The third-order valence-corrected chi connectivity index (χ3v) is 4.03. The molecule has 1 aromatic carbocycles. The van der Waals surface area contributed by atoms with E-state index in [4.69, 9.17) is 0 Å². The third kappa shape index (κ3) is 2.16. The lowest BCUT2D eigenvalue weighted by Crippen LogP contribution is -2.30. The van der Waals surface area contributed by atoms with Gasteiger partial charge in [-0.3, -0.25) is 4.79 Å². The van der Waals surface area contributed by atoms with Crippen LogP contribution >= 0.6 is 0 Å². The van der Waals surface area contributed by atoms with Crippen molar-refractivity contribution in [2.75, 3.05) is 5.32 Å². The van der Waals surface area contributed by atoms with Crippen molar-refractivity contribution in [3.8, 4) is 0 Å². The van der Waals surface area contributed by atoms with Crippen molar-refractivity contribution in [3.05, 3.63) is 28.7 Å². The Kier molecular flexibility index (Phi) is 2.69. The smallest absolute Gasteiger partial charge is 0.323 e. The van der Waals surface area contributed by atoms with Crippen molar-refractivity contribution in [2.45, 2.75) is 32.6 Å². The summed E-state index contributed by atoms with van der Waals surface area (Å²) >= 11 is 0. The summed E-state index contributed by atoms with van der Waals surface area (Å²) in [4.78, 5) is 28.8. The van der Waals surface area contributed by atoms with Crippen molar-refractivity contribution in [2.24, 2.45) is 5.41 Å². The first kappa shape index (κ1) is 12.0. The summed E-state index contributed by atoms with van der Waals surface area (Å²) in [6.45, 7) is 2.02. The number of carbonyl (C=O) groups is 1. The molecule has 0 aliphatic heterocycles. The number of amides is 1. The standard InChI is InChI=1S/C14H17N3O2/c1-14(6-2-3-7-14)12(18)15-9-4-5-10-11(8-9)17-13(19)16-10/h4-5,8H,2-3,6-7H2,1H3,(H,15,18)(H2,16,17,19). The molecule has 1 amide bonds. The second kappa shape index (κ2) is 4.26. The van der Waals surface area contributed by atoms with E-state index in [2.05, 4.69) is 15.3 Å². The van der Waals surface area contributed by atoms with Gasteiger partial charge in [0.15, 0.2) is 0 Å². The lowest BCUT2D eigenvalue weighted by Gasteiger charge is -2.22. The summed E-state index contributed by atoms with van der Waals surface area (Å²) in [5.74, 6) is 0.0715. The Morgan fingerprint density at radius 3 is 2.63 bits per heavy atom. The van der Waals surface area contributed by atoms with E-state index >= 15 is 0 Å². The average Bonchev–Trinajstić information content (AvgIpc) is 2.95. The second-order valence-electron chi connectivity index (χ2n) is 5.56. The van der Waals surface area contributed by atoms with Crippen molar-refractivity contribution < 1.29 is 4.79 Å². The van der Waals surface area contributed by atoms with E-state index in [0.29, 0.717) is 5.52 Å². The van der Waals surface area contributed by atoms with Crippen LogP contribution < -0.4 is 11.0 Å². The van der Waals surface area contributed by atoms with Gasteiger partial charge in [0.25, 0.3) is 0 Å². The van der Waals surface area contributed by atoms with Gasteiger partial charge in [0, 0.05) is 11.1 Å². The molecule has 1 aliphatic rings. The first-order chi connectivity index (χ1) is 9.07. The molecule has 100 valence electrons. The molecule has 1 fully saturated rings. The van der Waals surface area contributed by atoms with E-state index in [1.807, 2.05) is 13.0 Å². The summed E-state index contributed by atoms with van der Waals surface area (Å²) in [5.41, 5.74) is 1.69. The highest BCUT2D eigenvalue weighted by Crippen LogP contribution is 2.38. The number of H-pyrrole nitrogens is 2. The zero-order chi connectivity index (χ0) is 13.5. The van der Waals surface area contributed by atoms with E-state index in [1.54, 1.807) is 12.1 Å². The predicted molar refractivity (Wildman–Crippen MR) is 74.1 cm³/mol. The van der Waals surface area contributed by atoms with Crippen LogP contribution in [0.5, 0.6) is 0 Å². The number of aromatic amines is 2. The fraction of sp³-hybridized carbons (Fsp3) is 0.429. The van der Waals surface area contributed by atoms with Gasteiger partial charge in [-0.2, -0.15) is 0 Å². The van der Waals surface area contributed by atoms with Gasteiger partial charge < -0.3 is 15.3 Å². The lowest BCUT2D eigenvalue weighted by atomic mass is 9.88. The minimum atomic E-state index is -0.249. The van der Waals surface area contributed by atoms with E-state index in [1.165, 1.54) is 0 Å². The first-order valence-electron chi connectivity index (χ1n) is 6.60. The number of aromatic nitrogens is 2. The molecule has 0 radical (unpaired) electrons. The van der Waals surface area contributed by atoms with Crippen molar-refractivity contribution in [1.82, 2.24) is 9.97 Å². The molecule has 0 spiro atoms. The molecule has 1 aromatic heterocycles. The van der Waals surface area contributed by atoms with Gasteiger partial charge in [0.2, 0.25) is 5.91 Å². The number of anilines is 1. The fourth-order valence-corrected chi connectivity index (χ4v) is 2.77. The molecule has 0 atom stereocenters. The van der Waals surface area contributed by atoms with Crippen LogP contribution in [0.4, 0.5) is 5.69 Å². The van der Waals surface area contributed by atoms with E-state index in [0.717, 1.165) is 36.9 Å². The van der Waals surface area contributed by atoms with Crippen LogP contribution in [0, 0.1) is 5.41 Å². The molecule has 5 nitrogen and oxygen atoms in total. The molecule has 0 bridgehead atoms. The summed E-state index contributed by atoms with van der Waals surface area (Å²) in [7, 11) is 0. The van der Waals surface area contributed by atoms with Crippen LogP contribution in [0.25, 0.3) is 11.0 Å². The van der Waals surface area contributed by atoms with Crippen molar-refractivity contribution in [1.29, 1.82) is 0 Å². The minimum Gasteiger partial charge on any atom is -0.326 e. The molecule has 1 saturated carbocycles. The number of carbonyl (C=O) groups excluding carboxylic acids is 1. The zero-order valence-corrected chi connectivity index (χ0v) is 10.9. The van der Waals surface area contributed by atoms with E-state index < -0.39 is 0 Å². The fourth-order valence-electron chi connectivity index (χ4n) is 2.77. The molecule has 0 saturated heterocycles. The molecular formula is C14H17N3O2. The molecule has 2 aromatic rings. The number of nitrogens with one attached hydrogen (secondary N) is 3. The number of hydrogen-bond acceptors (Lipinski definition) is 2. The van der Waals surface area contributed by atoms with Gasteiger partial charge in [-0.25, -0.2) is 4.79 Å². The molecule has 19 heavy (non-hydrogen) atoms. The second-order valence-corrected chi connectivity index (χ2v) is 5.56. The number of hydrogen-bond donors (Lipinski definition) is 3. The van der Waals surface area contributed by atoms with Gasteiger partial charge in [-0.05, 0) is 31.0 Å². The minimum absolute atomic E-state index is 0.0715. The van der Waals surface area contributed by atoms with Gasteiger partial charge in [-0.15, -0.1) is 0 Å². The maximum Gasteiger partial charge on any atom is 0.323 e. The van der Waals surface area contributed by atoms with Crippen LogP contribution in [0.3, 0.4) is 0 Å². The van der Waals surface area contributed by atoms with Gasteiger partial charge in [-0.1, -0.05) is 19.8 Å². The van der Waals surface area contributed by atoms with Crippen LogP contribution in [-0.4, -0.2) is 15.9 Å². The highest BCUT2D eigenvalue weighted by molar-refractivity contribution is 5.96. The molecule has 1 aliphatic carbocycles. The zero-order valence-electron chi connectivity index (χ0n) is 10.9. The highest BCUT2D eigenvalue weighted by atomic mass is 16.2. The Hall–Kier alpha value is -2.04. The summed E-state index contributed by atoms with van der Waals surface area (Å²) in [5, 5.41) is 2.95. The van der Waals surface area contributed by atoms with E-state index in [9.17, 15) is 9.59 Å². The van der Waals surface area contributed by atoms with Crippen LogP contribution in [0.1, 0.15) is 32.6 Å². The molecule has 3 N–H and O–H groups in total. The average molecular weight is 259 g/mol. The number of fused-ring (bicyclic) bond motifs is 1. The van der Waals surface area contributed by atoms with Crippen LogP contribution in [-0.2, 0) is 4.79 Å². The van der Waals surface area contributed by atoms with Gasteiger partial charge >= 0.3 is 5.69 Å². The maximum absolute atomic E-state index is 12.3. The summed E-state index contributed by atoms with van der Waals surface area (Å²) in [6.07, 6.45) is 4.13. The Morgan fingerprint density at radius 1 is 1.21 bits per heavy atom. The highest BCUT2D eigenvalue weighted by Gasteiger charge is 2.36. The normalized spacial score (nSPS) is 17.7. The predicted octanol–water partition coefficient (Wildman–Crippen LogP) is 2.38. The van der Waals surface area contributed by atoms with Gasteiger partial charge in [0.05, 0.1) is 11.0 Å². The van der Waals surface area contributed by atoms with Crippen molar-refractivity contribution in [3.63, 3.8) is 0 Å². The Labute approximate surface area is 110 Å². The van der Waals surface area contributed by atoms with Crippen LogP contribution in [0.2, 0.25) is 0 Å². The molecule has 0 unspecified atom stereocenters. The molecule has 3 rings (SSSR count). The van der Waals surface area contributed by atoms with Gasteiger partial charge in [0.1, 0.15) is 0 Å². The quantitative estimate of drug-likeness (QED) is 0.774. The Balaban J connectivity index is 1.84. The first-order valence-corrected chi connectivity index (χ1v) is 6.60. The number of imidazole rings is 1. The summed E-state index contributed by atoms with van der Waals surface area (Å²) in [6, 6.07) is 5.38. The third-order valence-electron chi connectivity index (χ3n) is 4.03. The SMILES string of the molecule is CC1(C(=O)Nc2ccc3[nH]c(=O)[nH]c3c2)CCCC1. The number of benzene rings is 1. The largest absolute Gasteiger partial charge is 0.326 e. The van der Waals surface area contributed by atoms with E-state index in [-0.39, 0.29) is 17.0 Å². The topological polar surface area (TPSA) is 77.8 Å². The Bertz CT molecular complexity index is 677. The molecular weight excluding hydrogens is 242 g/mol. The lowest BCUT2D eigenvalue weighted by molar-refractivity contribution is -0.124. The summed E-state index contributed by atoms with van der Waals surface area (Å²) < 4.78 is 0. The van der Waals surface area contributed by atoms with Crippen molar-refractivity contribution >= 4 is 22.6 Å². The van der Waals surface area contributed by atoms with Crippen LogP contribution in [0.15, 0.2) is 23.0 Å². The number of rotatable bonds is 2. The molecule has 1 heterocycles. The maximum atomic E-state index is 12.3. The Morgan fingerprint density at radius 2 is 1.89 bits per heavy atom. The monoisotopic (exact) mass is 259 g/mol.